The van der Waals surface area contributed by atoms with Crippen molar-refractivity contribution < 1.29 is 26.7 Å². The minimum Gasteiger partial charge on any atom is -0.354 e. The highest BCUT2D eigenvalue weighted by Gasteiger charge is 2.47. The molecule has 1 aromatic carbocycles. The van der Waals surface area contributed by atoms with Gasteiger partial charge in [-0.2, -0.15) is 13.2 Å². The Labute approximate surface area is 147 Å². The van der Waals surface area contributed by atoms with Crippen molar-refractivity contribution in [3.8, 4) is 0 Å². The lowest BCUT2D eigenvalue weighted by Crippen LogP contribution is -2.43. The number of halogens is 6. The first-order chi connectivity index (χ1) is 11.1. The molecule has 2 fully saturated rings. The summed E-state index contributed by atoms with van der Waals surface area (Å²) in [7, 11) is 0. The third kappa shape index (κ3) is 4.41. The predicted octanol–water partition coefficient (Wildman–Crippen LogP) is 3.27. The van der Waals surface area contributed by atoms with E-state index in [0.29, 0.717) is 18.4 Å². The summed E-state index contributed by atoms with van der Waals surface area (Å²) >= 11 is 0. The van der Waals surface area contributed by atoms with Crippen LogP contribution in [0.1, 0.15) is 30.4 Å². The number of hydrogen-bond donors (Lipinski definition) is 2. The fourth-order valence-electron chi connectivity index (χ4n) is 3.02. The molecule has 1 unspecified atom stereocenters. The van der Waals surface area contributed by atoms with Crippen molar-refractivity contribution in [3.05, 3.63) is 35.4 Å². The molecule has 1 heterocycles. The Bertz CT molecular complexity index is 646. The molecular weight excluding hydrogens is 367 g/mol. The van der Waals surface area contributed by atoms with E-state index in [4.69, 9.17) is 0 Å². The van der Waals surface area contributed by atoms with Gasteiger partial charge in [-0.05, 0) is 24.5 Å². The van der Waals surface area contributed by atoms with E-state index in [-0.39, 0.29) is 19.0 Å². The molecule has 0 bridgehead atoms. The minimum absolute atomic E-state index is 0. The number of hydrogen-bond acceptors (Lipinski definition) is 2. The molecule has 2 N–H and O–H groups in total. The molecule has 25 heavy (non-hydrogen) atoms. The second-order valence-corrected chi connectivity index (χ2v) is 6.57. The van der Waals surface area contributed by atoms with Gasteiger partial charge in [-0.15, -0.1) is 12.4 Å². The molecule has 1 aliphatic heterocycles. The van der Waals surface area contributed by atoms with Crippen LogP contribution < -0.4 is 10.6 Å². The highest BCUT2D eigenvalue weighted by Crippen LogP contribution is 2.48. The SMILES string of the molecule is Cl.O=C(NCC1(c2cccc(C(F)(F)F)c2)CC1)C1CC(F)(F)CN1. The van der Waals surface area contributed by atoms with Gasteiger partial charge in [-0.1, -0.05) is 18.2 Å². The van der Waals surface area contributed by atoms with Gasteiger partial charge in [0.25, 0.3) is 5.92 Å². The third-order valence-corrected chi connectivity index (χ3v) is 4.68. The number of rotatable bonds is 4. The maximum absolute atomic E-state index is 13.1. The number of nitrogens with one attached hydrogen (secondary N) is 2. The van der Waals surface area contributed by atoms with Crippen LogP contribution in [0.5, 0.6) is 0 Å². The molecular formula is C16H18ClF5N2O. The molecule has 1 saturated carbocycles. The molecule has 1 saturated heterocycles. The first-order valence-electron chi connectivity index (χ1n) is 7.68. The van der Waals surface area contributed by atoms with Crippen LogP contribution in [-0.2, 0) is 16.4 Å². The molecule has 0 radical (unpaired) electrons. The molecule has 3 nitrogen and oxygen atoms in total. The highest BCUT2D eigenvalue weighted by atomic mass is 35.5. The Morgan fingerprint density at radius 3 is 2.48 bits per heavy atom. The van der Waals surface area contributed by atoms with Crippen LogP contribution in [0.2, 0.25) is 0 Å². The summed E-state index contributed by atoms with van der Waals surface area (Å²) in [6.07, 6.45) is -3.67. The quantitative estimate of drug-likeness (QED) is 0.782. The van der Waals surface area contributed by atoms with Gasteiger partial charge in [0.2, 0.25) is 5.91 Å². The Morgan fingerprint density at radius 2 is 1.96 bits per heavy atom. The molecule has 9 heteroatoms. The Kier molecular flexibility index (Phi) is 5.35. The maximum Gasteiger partial charge on any atom is 0.416 e. The van der Waals surface area contributed by atoms with Gasteiger partial charge in [-0.25, -0.2) is 8.78 Å². The third-order valence-electron chi connectivity index (χ3n) is 4.68. The second kappa shape index (κ2) is 6.72. The van der Waals surface area contributed by atoms with Crippen molar-refractivity contribution in [3.63, 3.8) is 0 Å². The largest absolute Gasteiger partial charge is 0.416 e. The van der Waals surface area contributed by atoms with E-state index in [2.05, 4.69) is 10.6 Å². The van der Waals surface area contributed by atoms with Gasteiger partial charge in [-0.3, -0.25) is 10.1 Å². The van der Waals surface area contributed by atoms with Gasteiger partial charge in [0, 0.05) is 18.4 Å². The molecule has 1 amide bonds. The summed E-state index contributed by atoms with van der Waals surface area (Å²) in [5.74, 6) is -3.44. The molecule has 140 valence electrons. The summed E-state index contributed by atoms with van der Waals surface area (Å²) < 4.78 is 64.7. The van der Waals surface area contributed by atoms with Crippen molar-refractivity contribution >= 4 is 18.3 Å². The average molecular weight is 385 g/mol. The number of carbonyl (C=O) groups excluding carboxylic acids is 1. The lowest BCUT2D eigenvalue weighted by molar-refractivity contribution is -0.137. The van der Waals surface area contributed by atoms with Crippen molar-refractivity contribution in [2.75, 3.05) is 13.1 Å². The van der Waals surface area contributed by atoms with E-state index in [1.807, 2.05) is 0 Å². The van der Waals surface area contributed by atoms with E-state index >= 15 is 0 Å². The van der Waals surface area contributed by atoms with Crippen molar-refractivity contribution in [2.24, 2.45) is 0 Å². The van der Waals surface area contributed by atoms with E-state index in [9.17, 15) is 26.7 Å². The van der Waals surface area contributed by atoms with Crippen LogP contribution in [0.25, 0.3) is 0 Å². The molecule has 2 aliphatic rings. The average Bonchev–Trinajstić information content (AvgIpc) is 3.21. The molecule has 1 atom stereocenters. The van der Waals surface area contributed by atoms with Crippen molar-refractivity contribution in [2.45, 2.75) is 42.8 Å². The zero-order chi connectivity index (χ0) is 17.6. The fraction of sp³-hybridized carbons (Fsp3) is 0.562. The van der Waals surface area contributed by atoms with Crippen molar-refractivity contribution in [1.82, 2.24) is 10.6 Å². The normalized spacial score (nSPS) is 23.6. The number of carbonyl (C=O) groups is 1. The summed E-state index contributed by atoms with van der Waals surface area (Å²) in [4.78, 5) is 12.0. The van der Waals surface area contributed by atoms with E-state index < -0.39 is 48.0 Å². The summed E-state index contributed by atoms with van der Waals surface area (Å²) in [6.45, 7) is -0.388. The van der Waals surface area contributed by atoms with Crippen LogP contribution in [0.4, 0.5) is 22.0 Å². The standard InChI is InChI=1S/C16H17F5N2O.ClH/c17-15(18)7-12(22-9-15)13(24)23-8-14(4-5-14)10-2-1-3-11(6-10)16(19,20)21;/h1-3,6,12,22H,4-5,7-9H2,(H,23,24);1H. The van der Waals surface area contributed by atoms with E-state index in [1.165, 1.54) is 6.07 Å². The molecule has 1 aliphatic carbocycles. The summed E-state index contributed by atoms with van der Waals surface area (Å²) in [6, 6.07) is 4.09. The van der Waals surface area contributed by atoms with Crippen LogP contribution in [0.15, 0.2) is 24.3 Å². The van der Waals surface area contributed by atoms with E-state index in [1.54, 1.807) is 6.07 Å². The van der Waals surface area contributed by atoms with Gasteiger partial charge in [0.1, 0.15) is 0 Å². The highest BCUT2D eigenvalue weighted by molar-refractivity contribution is 5.85. The van der Waals surface area contributed by atoms with Crippen LogP contribution >= 0.6 is 12.4 Å². The van der Waals surface area contributed by atoms with Gasteiger partial charge in [0.15, 0.2) is 0 Å². The van der Waals surface area contributed by atoms with Crippen LogP contribution in [0, 0.1) is 0 Å². The minimum atomic E-state index is -4.42. The monoisotopic (exact) mass is 384 g/mol. The smallest absolute Gasteiger partial charge is 0.354 e. The topological polar surface area (TPSA) is 41.1 Å². The van der Waals surface area contributed by atoms with Gasteiger partial charge >= 0.3 is 6.18 Å². The summed E-state index contributed by atoms with van der Waals surface area (Å²) in [5.41, 5.74) is -0.741. The lowest BCUT2D eigenvalue weighted by Gasteiger charge is -2.19. The zero-order valence-corrected chi connectivity index (χ0v) is 13.9. The fourth-order valence-corrected chi connectivity index (χ4v) is 3.02. The maximum atomic E-state index is 13.1. The molecule has 3 rings (SSSR count). The van der Waals surface area contributed by atoms with E-state index in [0.717, 1.165) is 12.1 Å². The number of alkyl halides is 5. The Balaban J connectivity index is 0.00000225. The molecule has 0 spiro atoms. The van der Waals surface area contributed by atoms with Crippen LogP contribution in [-0.4, -0.2) is 31.0 Å². The second-order valence-electron chi connectivity index (χ2n) is 6.57. The first kappa shape index (κ1) is 19.9. The molecule has 0 aromatic heterocycles. The first-order valence-corrected chi connectivity index (χ1v) is 7.68. The van der Waals surface area contributed by atoms with Gasteiger partial charge < -0.3 is 5.32 Å². The molecule has 1 aromatic rings. The Hall–Kier alpha value is -1.41. The van der Waals surface area contributed by atoms with Crippen LogP contribution in [0.3, 0.4) is 0 Å². The summed E-state index contributed by atoms with van der Waals surface area (Å²) in [5, 5.41) is 5.07. The zero-order valence-electron chi connectivity index (χ0n) is 13.1. The van der Waals surface area contributed by atoms with Crippen molar-refractivity contribution in [1.29, 1.82) is 0 Å². The van der Waals surface area contributed by atoms with Gasteiger partial charge in [0.05, 0.1) is 18.2 Å². The number of benzene rings is 1. The Morgan fingerprint density at radius 1 is 1.28 bits per heavy atom. The predicted molar refractivity (Wildman–Crippen MR) is 84.0 cm³/mol. The lowest BCUT2D eigenvalue weighted by atomic mass is 9.94. The number of amides is 1.